The number of nitrogens with zero attached hydrogens (tertiary/aromatic N) is 2. The maximum atomic E-state index is 2.39. The molecule has 0 unspecified atom stereocenters. The highest BCUT2D eigenvalue weighted by Gasteiger charge is 2.20. The number of anilines is 3. The highest BCUT2D eigenvalue weighted by atomic mass is 15.1. The minimum atomic E-state index is 1.09. The standard InChI is InChI=1S/C54H36N2/c1-3-12-37(13-4-1)38-24-30-43(31-25-38)55(45-16-11-17-46(36-45)56-51-20-9-7-18-49(51)50-19-8-10-21-52(50)56)44-32-26-40(27-33-44)48-35-29-42-23-22-41-28-34-47(54(48)53(41)42)39-14-5-2-6-15-39/h1-36H. The third-order valence-corrected chi connectivity index (χ3v) is 11.3. The van der Waals surface area contributed by atoms with Crippen molar-refractivity contribution in [1.29, 1.82) is 0 Å². The van der Waals surface area contributed by atoms with Crippen molar-refractivity contribution in [2.45, 2.75) is 0 Å². The van der Waals surface area contributed by atoms with E-state index in [-0.39, 0.29) is 0 Å². The number of fused-ring (bicyclic) bond motifs is 3. The monoisotopic (exact) mass is 712 g/mol. The Morgan fingerprint density at radius 1 is 0.321 bits per heavy atom. The fraction of sp³-hybridized carbons (Fsp3) is 0. The Morgan fingerprint density at radius 3 is 1.39 bits per heavy atom. The summed E-state index contributed by atoms with van der Waals surface area (Å²) >= 11 is 0. The first-order chi connectivity index (χ1) is 27.8. The second-order valence-electron chi connectivity index (χ2n) is 14.5. The highest BCUT2D eigenvalue weighted by Crippen LogP contribution is 2.44. The van der Waals surface area contributed by atoms with E-state index in [4.69, 9.17) is 0 Å². The van der Waals surface area contributed by atoms with E-state index in [9.17, 15) is 0 Å². The van der Waals surface area contributed by atoms with Crippen LogP contribution in [-0.2, 0) is 0 Å². The van der Waals surface area contributed by atoms with Crippen LogP contribution in [0.2, 0.25) is 0 Å². The van der Waals surface area contributed by atoms with Crippen molar-refractivity contribution in [3.8, 4) is 39.1 Å². The third kappa shape index (κ3) is 5.26. The Kier molecular flexibility index (Phi) is 7.53. The van der Waals surface area contributed by atoms with E-state index in [0.717, 1.165) is 22.7 Å². The normalized spacial score (nSPS) is 11.9. The number of para-hydroxylation sites is 2. The van der Waals surface area contributed by atoms with E-state index in [1.165, 1.54) is 77.1 Å². The molecule has 0 bridgehead atoms. The Balaban J connectivity index is 1.06. The molecular weight excluding hydrogens is 677 g/mol. The Bertz CT molecular complexity index is 3030. The SMILES string of the molecule is C1=Cc2ccc(-c3ccc(N(c4ccc(-c5ccccc5)cc4)c4cccc(-n5c6ccccc6c6ccccc65)c4)cc3)c3c(-c4ccccc4)ccc1c23. The maximum Gasteiger partial charge on any atom is 0.0541 e. The third-order valence-electron chi connectivity index (χ3n) is 11.3. The molecule has 0 radical (unpaired) electrons. The number of hydrogen-bond acceptors (Lipinski definition) is 1. The molecule has 0 fully saturated rings. The van der Waals surface area contributed by atoms with Crippen LogP contribution in [0.1, 0.15) is 11.1 Å². The lowest BCUT2D eigenvalue weighted by Crippen LogP contribution is -2.10. The predicted octanol–water partition coefficient (Wildman–Crippen LogP) is 14.9. The first-order valence-corrected chi connectivity index (χ1v) is 19.3. The minimum Gasteiger partial charge on any atom is -0.310 e. The van der Waals surface area contributed by atoms with Gasteiger partial charge in [-0.15, -0.1) is 0 Å². The molecule has 0 atom stereocenters. The zero-order valence-corrected chi connectivity index (χ0v) is 30.7. The lowest BCUT2D eigenvalue weighted by molar-refractivity contribution is 1.17. The van der Waals surface area contributed by atoms with Crippen molar-refractivity contribution in [2.24, 2.45) is 0 Å². The molecule has 262 valence electrons. The van der Waals surface area contributed by atoms with Crippen LogP contribution in [0.25, 0.3) is 83.8 Å². The quantitative estimate of drug-likeness (QED) is 0.160. The lowest BCUT2D eigenvalue weighted by atomic mass is 9.89. The number of aromatic nitrogens is 1. The lowest BCUT2D eigenvalue weighted by Gasteiger charge is -2.27. The number of benzene rings is 9. The summed E-state index contributed by atoms with van der Waals surface area (Å²) in [6, 6.07) is 74.9. The van der Waals surface area contributed by atoms with E-state index in [1.807, 2.05) is 0 Å². The molecule has 0 saturated carbocycles. The van der Waals surface area contributed by atoms with Gasteiger partial charge in [-0.05, 0) is 110 Å². The van der Waals surface area contributed by atoms with Crippen LogP contribution in [0.3, 0.4) is 0 Å². The van der Waals surface area contributed by atoms with Crippen molar-refractivity contribution in [2.75, 3.05) is 4.90 Å². The average molecular weight is 713 g/mol. The zero-order chi connectivity index (χ0) is 37.0. The van der Waals surface area contributed by atoms with Crippen molar-refractivity contribution < 1.29 is 0 Å². The summed E-state index contributed by atoms with van der Waals surface area (Å²) in [4.78, 5) is 2.38. The Labute approximate surface area is 326 Å². The molecule has 0 N–H and O–H groups in total. The molecule has 0 aliphatic heterocycles. The van der Waals surface area contributed by atoms with E-state index < -0.39 is 0 Å². The molecular formula is C54H36N2. The summed E-state index contributed by atoms with van der Waals surface area (Å²) in [5.41, 5.74) is 16.7. The summed E-state index contributed by atoms with van der Waals surface area (Å²) in [5, 5.41) is 5.14. The molecule has 0 amide bonds. The van der Waals surface area contributed by atoms with Gasteiger partial charge in [-0.25, -0.2) is 0 Å². The molecule has 11 rings (SSSR count). The Hall–Kier alpha value is -7.42. The molecule has 1 aromatic heterocycles. The van der Waals surface area contributed by atoms with E-state index in [1.54, 1.807) is 0 Å². The molecule has 1 aliphatic rings. The first kappa shape index (κ1) is 32.0. The highest BCUT2D eigenvalue weighted by molar-refractivity contribution is 6.16. The van der Waals surface area contributed by atoms with Crippen LogP contribution in [0.5, 0.6) is 0 Å². The fourth-order valence-corrected chi connectivity index (χ4v) is 8.75. The number of rotatable bonds is 7. The minimum absolute atomic E-state index is 1.09. The summed E-state index contributed by atoms with van der Waals surface area (Å²) in [6.45, 7) is 0. The fourth-order valence-electron chi connectivity index (χ4n) is 8.75. The van der Waals surface area contributed by atoms with Crippen LogP contribution in [0.4, 0.5) is 17.1 Å². The Morgan fingerprint density at radius 2 is 0.804 bits per heavy atom. The van der Waals surface area contributed by atoms with Gasteiger partial charge in [0.05, 0.1) is 11.0 Å². The van der Waals surface area contributed by atoms with E-state index in [2.05, 4.69) is 228 Å². The smallest absolute Gasteiger partial charge is 0.0541 e. The predicted molar refractivity (Wildman–Crippen MR) is 238 cm³/mol. The van der Waals surface area contributed by atoms with Gasteiger partial charge >= 0.3 is 0 Å². The average Bonchev–Trinajstić information content (AvgIpc) is 3.85. The summed E-state index contributed by atoms with van der Waals surface area (Å²) in [7, 11) is 0. The molecule has 2 nitrogen and oxygen atoms in total. The van der Waals surface area contributed by atoms with Gasteiger partial charge in [0.25, 0.3) is 0 Å². The van der Waals surface area contributed by atoms with Gasteiger partial charge in [0.1, 0.15) is 0 Å². The second-order valence-corrected chi connectivity index (χ2v) is 14.5. The van der Waals surface area contributed by atoms with E-state index >= 15 is 0 Å². The first-order valence-electron chi connectivity index (χ1n) is 19.3. The summed E-state index contributed by atoms with van der Waals surface area (Å²) in [6.07, 6.45) is 4.49. The molecule has 2 heteroatoms. The van der Waals surface area contributed by atoms with Crippen molar-refractivity contribution in [3.63, 3.8) is 0 Å². The van der Waals surface area contributed by atoms with E-state index in [0.29, 0.717) is 0 Å². The maximum absolute atomic E-state index is 2.39. The zero-order valence-electron chi connectivity index (χ0n) is 30.7. The van der Waals surface area contributed by atoms with Crippen molar-refractivity contribution >= 4 is 61.8 Å². The molecule has 10 aromatic rings. The molecule has 0 saturated heterocycles. The van der Waals surface area contributed by atoms with Crippen LogP contribution >= 0.6 is 0 Å². The summed E-state index contributed by atoms with van der Waals surface area (Å²) in [5.74, 6) is 0. The van der Waals surface area contributed by atoms with Gasteiger partial charge < -0.3 is 9.47 Å². The van der Waals surface area contributed by atoms with Gasteiger partial charge in [0, 0.05) is 33.5 Å². The molecule has 56 heavy (non-hydrogen) atoms. The van der Waals surface area contributed by atoms with Gasteiger partial charge in [0.15, 0.2) is 0 Å². The topological polar surface area (TPSA) is 8.17 Å². The second kappa shape index (κ2) is 13.2. The molecule has 9 aromatic carbocycles. The van der Waals surface area contributed by atoms with Gasteiger partial charge in [0.2, 0.25) is 0 Å². The largest absolute Gasteiger partial charge is 0.310 e. The van der Waals surface area contributed by atoms with Gasteiger partial charge in [-0.1, -0.05) is 164 Å². The summed E-state index contributed by atoms with van der Waals surface area (Å²) < 4.78 is 2.39. The van der Waals surface area contributed by atoms with Crippen molar-refractivity contribution in [3.05, 3.63) is 217 Å². The van der Waals surface area contributed by atoms with Crippen LogP contribution < -0.4 is 4.90 Å². The molecule has 1 heterocycles. The van der Waals surface area contributed by atoms with Crippen LogP contribution in [0, 0.1) is 0 Å². The molecule has 0 spiro atoms. The number of hydrogen-bond donors (Lipinski definition) is 0. The van der Waals surface area contributed by atoms with Gasteiger partial charge in [-0.2, -0.15) is 0 Å². The van der Waals surface area contributed by atoms with Gasteiger partial charge in [-0.3, -0.25) is 0 Å². The van der Waals surface area contributed by atoms with Crippen LogP contribution in [0.15, 0.2) is 206 Å². The van der Waals surface area contributed by atoms with Crippen molar-refractivity contribution in [1.82, 2.24) is 4.57 Å². The van der Waals surface area contributed by atoms with Crippen LogP contribution in [-0.4, -0.2) is 4.57 Å². The molecule has 1 aliphatic carbocycles.